The normalized spacial score (nSPS) is 17.4. The zero-order valence-electron chi connectivity index (χ0n) is 19.3. The van der Waals surface area contributed by atoms with Crippen molar-refractivity contribution in [2.75, 3.05) is 4.90 Å². The van der Waals surface area contributed by atoms with E-state index in [9.17, 15) is 14.7 Å². The number of aryl methyl sites for hydroxylation is 1. The van der Waals surface area contributed by atoms with E-state index < -0.39 is 17.7 Å². The minimum atomic E-state index is -0.832. The number of rotatable bonds is 3. The number of H-pyrrole nitrogens is 1. The molecule has 4 aromatic carbocycles. The molecule has 6 rings (SSSR count). The summed E-state index contributed by atoms with van der Waals surface area (Å²) in [6.07, 6.45) is 0. The van der Waals surface area contributed by atoms with Gasteiger partial charge < -0.3 is 10.1 Å². The predicted molar refractivity (Wildman–Crippen MR) is 143 cm³/mol. The zero-order chi connectivity index (χ0) is 25.0. The fraction of sp³-hybridized carbons (Fsp3) is 0.0667. The number of nitrogens with one attached hydrogen (secondary N) is 1. The van der Waals surface area contributed by atoms with Gasteiger partial charge >= 0.3 is 0 Å². The van der Waals surface area contributed by atoms with E-state index >= 15 is 0 Å². The number of carbonyl (C=O) groups excluding carboxylic acids is 2. The van der Waals surface area contributed by atoms with Crippen LogP contribution in [0.1, 0.15) is 22.9 Å². The number of aromatic amines is 1. The number of aliphatic hydroxyl groups is 1. The molecule has 5 aromatic rings. The fourth-order valence-electron chi connectivity index (χ4n) is 5.20. The van der Waals surface area contributed by atoms with Crippen molar-refractivity contribution in [3.63, 3.8) is 0 Å². The SMILES string of the molecule is Cc1[nH]c2ccccc2c1C1/C(=C(\O)c2cccc3ccccc23)C(=O)C(=O)N1c1ccc(Cl)cc1. The topological polar surface area (TPSA) is 73.4 Å². The number of hydrogen-bond acceptors (Lipinski definition) is 3. The van der Waals surface area contributed by atoms with Crippen molar-refractivity contribution in [3.8, 4) is 0 Å². The molecule has 2 N–H and O–H groups in total. The van der Waals surface area contributed by atoms with Gasteiger partial charge in [0.15, 0.2) is 0 Å². The second-order valence-electron chi connectivity index (χ2n) is 8.88. The summed E-state index contributed by atoms with van der Waals surface area (Å²) in [5.41, 5.74) is 3.54. The molecule has 1 aromatic heterocycles. The predicted octanol–water partition coefficient (Wildman–Crippen LogP) is 6.91. The molecule has 6 heteroatoms. The lowest BCUT2D eigenvalue weighted by atomic mass is 9.92. The number of aliphatic hydroxyl groups excluding tert-OH is 1. The number of hydrogen-bond donors (Lipinski definition) is 2. The lowest BCUT2D eigenvalue weighted by molar-refractivity contribution is -0.132. The van der Waals surface area contributed by atoms with Gasteiger partial charge in [0, 0.05) is 38.4 Å². The van der Waals surface area contributed by atoms with Crippen LogP contribution in [0.2, 0.25) is 5.02 Å². The minimum absolute atomic E-state index is 0.0548. The van der Waals surface area contributed by atoms with Crippen LogP contribution in [0.4, 0.5) is 5.69 Å². The van der Waals surface area contributed by atoms with E-state index in [2.05, 4.69) is 4.98 Å². The Morgan fingerprint density at radius 1 is 0.861 bits per heavy atom. The van der Waals surface area contributed by atoms with E-state index in [-0.39, 0.29) is 11.3 Å². The number of carbonyl (C=O) groups is 2. The Labute approximate surface area is 212 Å². The van der Waals surface area contributed by atoms with Crippen LogP contribution in [0.3, 0.4) is 0 Å². The van der Waals surface area contributed by atoms with Crippen LogP contribution >= 0.6 is 11.6 Å². The smallest absolute Gasteiger partial charge is 0.300 e. The number of benzene rings is 4. The summed E-state index contributed by atoms with van der Waals surface area (Å²) in [5, 5.41) is 14.8. The van der Waals surface area contributed by atoms with Gasteiger partial charge in [-0.2, -0.15) is 0 Å². The van der Waals surface area contributed by atoms with Gasteiger partial charge in [-0.25, -0.2) is 0 Å². The maximum absolute atomic E-state index is 13.6. The van der Waals surface area contributed by atoms with Crippen LogP contribution in [0, 0.1) is 6.92 Å². The maximum atomic E-state index is 13.6. The Kier molecular flexibility index (Phi) is 5.16. The standard InChI is InChI=1S/C30H21ClN2O3/c1-17-25(23-10-4-5-12-24(23)32-17)27-26(28(34)22-11-6-8-18-7-2-3-9-21(18)22)29(35)30(36)33(27)20-15-13-19(31)14-16-20/h2-16,27,32,34H,1H3/b28-26+. The Morgan fingerprint density at radius 3 is 2.31 bits per heavy atom. The van der Waals surface area contributed by atoms with Crippen LogP contribution in [0.15, 0.2) is 96.6 Å². The average molecular weight is 493 g/mol. The molecule has 2 heterocycles. The summed E-state index contributed by atoms with van der Waals surface area (Å²) >= 11 is 6.11. The number of Topliss-reactive ketones (excluding diaryl/α,β-unsaturated/α-hetero) is 1. The molecule has 0 aliphatic carbocycles. The van der Waals surface area contributed by atoms with Gasteiger partial charge in [-0.1, -0.05) is 72.3 Å². The number of para-hydroxylation sites is 1. The number of ketones is 1. The van der Waals surface area contributed by atoms with Gasteiger partial charge in [-0.3, -0.25) is 14.5 Å². The third-order valence-corrected chi connectivity index (χ3v) is 7.06. The summed E-state index contributed by atoms with van der Waals surface area (Å²) < 4.78 is 0. The van der Waals surface area contributed by atoms with Gasteiger partial charge in [0.05, 0.1) is 11.6 Å². The van der Waals surface area contributed by atoms with E-state index in [0.717, 1.165) is 32.9 Å². The molecule has 0 bridgehead atoms. The van der Waals surface area contributed by atoms with Crippen molar-refractivity contribution in [1.29, 1.82) is 0 Å². The number of anilines is 1. The van der Waals surface area contributed by atoms with E-state index in [1.807, 2.05) is 67.6 Å². The van der Waals surface area contributed by atoms with Crippen LogP contribution in [0.5, 0.6) is 0 Å². The molecule has 176 valence electrons. The summed E-state index contributed by atoms with van der Waals surface area (Å²) in [4.78, 5) is 32.0. The van der Waals surface area contributed by atoms with Crippen LogP contribution in [-0.4, -0.2) is 21.8 Å². The lowest BCUT2D eigenvalue weighted by Crippen LogP contribution is -2.29. The van der Waals surface area contributed by atoms with Gasteiger partial charge in [0.1, 0.15) is 5.76 Å². The van der Waals surface area contributed by atoms with Crippen molar-refractivity contribution < 1.29 is 14.7 Å². The molecule has 1 fully saturated rings. The Balaban J connectivity index is 1.67. The molecule has 1 atom stereocenters. The van der Waals surface area contributed by atoms with Gasteiger partial charge in [-0.15, -0.1) is 0 Å². The highest BCUT2D eigenvalue weighted by atomic mass is 35.5. The molecule has 1 aliphatic heterocycles. The molecule has 5 nitrogen and oxygen atoms in total. The number of amides is 1. The van der Waals surface area contributed by atoms with Crippen molar-refractivity contribution in [1.82, 2.24) is 4.98 Å². The van der Waals surface area contributed by atoms with Crippen LogP contribution < -0.4 is 4.90 Å². The average Bonchev–Trinajstić information content (AvgIpc) is 3.36. The maximum Gasteiger partial charge on any atom is 0.300 e. The van der Waals surface area contributed by atoms with Crippen LogP contribution in [-0.2, 0) is 9.59 Å². The summed E-state index contributed by atoms with van der Waals surface area (Å²) in [6.45, 7) is 1.91. The number of fused-ring (bicyclic) bond motifs is 2. The fourth-order valence-corrected chi connectivity index (χ4v) is 5.33. The molecule has 1 amide bonds. The molecular formula is C30H21ClN2O3. The van der Waals surface area contributed by atoms with Crippen molar-refractivity contribution in [3.05, 3.63) is 118 Å². The third kappa shape index (κ3) is 3.32. The molecule has 1 saturated heterocycles. The second kappa shape index (κ2) is 8.40. The highest BCUT2D eigenvalue weighted by molar-refractivity contribution is 6.52. The molecule has 36 heavy (non-hydrogen) atoms. The summed E-state index contributed by atoms with van der Waals surface area (Å²) in [5.74, 6) is -1.63. The first-order valence-electron chi connectivity index (χ1n) is 11.6. The summed E-state index contributed by atoms with van der Waals surface area (Å²) in [6, 6.07) is 26.9. The molecular weight excluding hydrogens is 472 g/mol. The quantitative estimate of drug-likeness (QED) is 0.163. The van der Waals surface area contributed by atoms with E-state index in [4.69, 9.17) is 11.6 Å². The van der Waals surface area contributed by atoms with Crippen LogP contribution in [0.25, 0.3) is 27.4 Å². The molecule has 0 radical (unpaired) electrons. The van der Waals surface area contributed by atoms with E-state index in [0.29, 0.717) is 16.3 Å². The van der Waals surface area contributed by atoms with E-state index in [1.54, 1.807) is 30.3 Å². The number of nitrogens with zero attached hydrogens (tertiary/aromatic N) is 1. The largest absolute Gasteiger partial charge is 0.507 e. The van der Waals surface area contributed by atoms with Crippen molar-refractivity contribution >= 4 is 56.4 Å². The first kappa shape index (κ1) is 22.1. The number of aromatic nitrogens is 1. The number of halogens is 1. The minimum Gasteiger partial charge on any atom is -0.507 e. The summed E-state index contributed by atoms with van der Waals surface area (Å²) in [7, 11) is 0. The van der Waals surface area contributed by atoms with Crippen molar-refractivity contribution in [2.24, 2.45) is 0 Å². The second-order valence-corrected chi connectivity index (χ2v) is 9.32. The van der Waals surface area contributed by atoms with E-state index in [1.165, 1.54) is 4.90 Å². The van der Waals surface area contributed by atoms with Gasteiger partial charge in [-0.05, 0) is 48.0 Å². The van der Waals surface area contributed by atoms with Gasteiger partial charge in [0.25, 0.3) is 11.7 Å². The third-order valence-electron chi connectivity index (χ3n) is 6.81. The Hall–Kier alpha value is -4.35. The molecule has 0 saturated carbocycles. The van der Waals surface area contributed by atoms with Gasteiger partial charge in [0.2, 0.25) is 0 Å². The highest BCUT2D eigenvalue weighted by Crippen LogP contribution is 2.46. The molecule has 1 unspecified atom stereocenters. The zero-order valence-corrected chi connectivity index (χ0v) is 20.1. The highest BCUT2D eigenvalue weighted by Gasteiger charge is 2.48. The Bertz CT molecular complexity index is 1710. The van der Waals surface area contributed by atoms with Crippen molar-refractivity contribution in [2.45, 2.75) is 13.0 Å². The first-order valence-corrected chi connectivity index (χ1v) is 12.0. The first-order chi connectivity index (χ1) is 17.5. The molecule has 0 spiro atoms. The monoisotopic (exact) mass is 492 g/mol. The Morgan fingerprint density at radius 2 is 1.53 bits per heavy atom. The lowest BCUT2D eigenvalue weighted by Gasteiger charge is -2.26. The molecule has 1 aliphatic rings.